The van der Waals surface area contributed by atoms with Gasteiger partial charge in [-0.2, -0.15) is 0 Å². The first-order valence-corrected chi connectivity index (χ1v) is 17.1. The molecule has 10 aromatic rings. The number of anilines is 3. The Labute approximate surface area is 294 Å². The Kier molecular flexibility index (Phi) is 6.78. The molecule has 51 heavy (non-hydrogen) atoms. The van der Waals surface area contributed by atoms with Crippen LogP contribution in [0.15, 0.2) is 191 Å². The Bertz CT molecular complexity index is 2820. The van der Waals surface area contributed by atoms with Gasteiger partial charge < -0.3 is 13.7 Å². The topological polar surface area (TPSA) is 42.4 Å². The van der Waals surface area contributed by atoms with Crippen LogP contribution in [-0.2, 0) is 0 Å². The van der Waals surface area contributed by atoms with Crippen LogP contribution < -0.4 is 4.90 Å². The molecular formula is C47H30N2O2. The molecule has 0 aliphatic heterocycles. The van der Waals surface area contributed by atoms with E-state index < -0.39 is 0 Å². The molecule has 4 heteroatoms. The fourth-order valence-corrected chi connectivity index (χ4v) is 7.18. The van der Waals surface area contributed by atoms with Gasteiger partial charge in [-0.05, 0) is 106 Å². The van der Waals surface area contributed by atoms with Gasteiger partial charge in [0.25, 0.3) is 0 Å². The molecule has 2 heterocycles. The lowest BCUT2D eigenvalue weighted by Crippen LogP contribution is -2.09. The van der Waals surface area contributed by atoms with Crippen LogP contribution >= 0.6 is 0 Å². The van der Waals surface area contributed by atoms with Crippen molar-refractivity contribution in [3.05, 3.63) is 182 Å². The van der Waals surface area contributed by atoms with Crippen LogP contribution in [0, 0.1) is 0 Å². The average Bonchev–Trinajstić information content (AvgIpc) is 3.81. The highest BCUT2D eigenvalue weighted by Crippen LogP contribution is 2.41. The number of aromatic nitrogens is 1. The maximum Gasteiger partial charge on any atom is 0.227 e. The zero-order valence-corrected chi connectivity index (χ0v) is 27.5. The number of nitrogens with zero attached hydrogens (tertiary/aromatic N) is 2. The third-order valence-electron chi connectivity index (χ3n) is 9.70. The van der Waals surface area contributed by atoms with E-state index in [0.717, 1.165) is 66.8 Å². The minimum absolute atomic E-state index is 0.583. The highest BCUT2D eigenvalue weighted by Gasteiger charge is 2.17. The smallest absolute Gasteiger partial charge is 0.227 e. The molecule has 0 unspecified atom stereocenters. The Morgan fingerprint density at radius 1 is 0.392 bits per heavy atom. The minimum atomic E-state index is 0.583. The van der Waals surface area contributed by atoms with Gasteiger partial charge in [-0.1, -0.05) is 109 Å². The molecule has 0 aliphatic carbocycles. The van der Waals surface area contributed by atoms with E-state index in [1.807, 2.05) is 36.4 Å². The summed E-state index contributed by atoms with van der Waals surface area (Å²) in [5.74, 6) is 0.583. The summed E-state index contributed by atoms with van der Waals surface area (Å²) in [4.78, 5) is 7.02. The molecule has 0 fully saturated rings. The lowest BCUT2D eigenvalue weighted by molar-refractivity contribution is 0.619. The first kappa shape index (κ1) is 29.0. The Hall–Kier alpha value is -6.91. The van der Waals surface area contributed by atoms with Crippen molar-refractivity contribution in [3.8, 4) is 33.7 Å². The molecule has 0 bridgehead atoms. The molecule has 0 atom stereocenters. The van der Waals surface area contributed by atoms with Crippen LogP contribution in [-0.4, -0.2) is 4.98 Å². The number of hydrogen-bond acceptors (Lipinski definition) is 4. The summed E-state index contributed by atoms with van der Waals surface area (Å²) >= 11 is 0. The molecular weight excluding hydrogens is 625 g/mol. The van der Waals surface area contributed by atoms with Gasteiger partial charge in [-0.3, -0.25) is 0 Å². The first-order valence-electron chi connectivity index (χ1n) is 17.1. The van der Waals surface area contributed by atoms with Gasteiger partial charge in [-0.25, -0.2) is 4.98 Å². The standard InChI is InChI=1S/C47H30N2O2/c1-2-9-31(10-3-1)33-17-23-37(24-18-33)49(39-27-19-32-11-4-5-12-35(32)29-39)38-25-20-34(21-26-38)40-13-8-16-44-46(40)41-28-22-36(30-45(41)50-44)47-48-42-14-6-7-15-43(42)51-47/h1-30H. The highest BCUT2D eigenvalue weighted by molar-refractivity contribution is 6.13. The van der Waals surface area contributed by atoms with Crippen LogP contribution in [0.3, 0.4) is 0 Å². The van der Waals surface area contributed by atoms with Gasteiger partial charge in [0.2, 0.25) is 5.89 Å². The molecule has 0 saturated carbocycles. The van der Waals surface area contributed by atoms with Crippen molar-refractivity contribution in [2.24, 2.45) is 0 Å². The van der Waals surface area contributed by atoms with Gasteiger partial charge in [-0.15, -0.1) is 0 Å². The minimum Gasteiger partial charge on any atom is -0.456 e. The number of rotatable bonds is 6. The maximum atomic E-state index is 6.43. The predicted octanol–water partition coefficient (Wildman–Crippen LogP) is 13.4. The summed E-state index contributed by atoms with van der Waals surface area (Å²) in [6, 6.07) is 63.6. The monoisotopic (exact) mass is 654 g/mol. The van der Waals surface area contributed by atoms with Crippen LogP contribution in [0.5, 0.6) is 0 Å². The number of oxazole rings is 1. The number of furan rings is 1. The third kappa shape index (κ3) is 5.13. The van der Waals surface area contributed by atoms with Gasteiger partial charge >= 0.3 is 0 Å². The molecule has 2 aromatic heterocycles. The Morgan fingerprint density at radius 3 is 1.84 bits per heavy atom. The van der Waals surface area contributed by atoms with Crippen LogP contribution in [0.1, 0.15) is 0 Å². The van der Waals surface area contributed by atoms with E-state index in [1.165, 1.54) is 21.9 Å². The highest BCUT2D eigenvalue weighted by atomic mass is 16.3. The molecule has 8 aromatic carbocycles. The number of para-hydroxylation sites is 2. The zero-order valence-electron chi connectivity index (χ0n) is 27.5. The molecule has 10 rings (SSSR count). The summed E-state index contributed by atoms with van der Waals surface area (Å²) in [6.07, 6.45) is 0. The summed E-state index contributed by atoms with van der Waals surface area (Å²) in [7, 11) is 0. The second-order valence-electron chi connectivity index (χ2n) is 12.8. The lowest BCUT2D eigenvalue weighted by atomic mass is 9.98. The summed E-state index contributed by atoms with van der Waals surface area (Å²) in [5, 5.41) is 4.57. The third-order valence-corrected chi connectivity index (χ3v) is 9.70. The Morgan fingerprint density at radius 2 is 1.04 bits per heavy atom. The maximum absolute atomic E-state index is 6.43. The molecule has 4 nitrogen and oxygen atoms in total. The van der Waals surface area contributed by atoms with Crippen molar-refractivity contribution in [2.75, 3.05) is 4.90 Å². The van der Waals surface area contributed by atoms with E-state index in [0.29, 0.717) is 5.89 Å². The van der Waals surface area contributed by atoms with Gasteiger partial charge in [0.05, 0.1) is 0 Å². The van der Waals surface area contributed by atoms with Gasteiger partial charge in [0, 0.05) is 33.4 Å². The normalized spacial score (nSPS) is 11.5. The average molecular weight is 655 g/mol. The van der Waals surface area contributed by atoms with Crippen molar-refractivity contribution in [1.82, 2.24) is 4.98 Å². The molecule has 240 valence electrons. The van der Waals surface area contributed by atoms with Crippen LogP contribution in [0.2, 0.25) is 0 Å². The van der Waals surface area contributed by atoms with Crippen molar-refractivity contribution >= 4 is 60.9 Å². The Balaban J connectivity index is 1.04. The number of hydrogen-bond donors (Lipinski definition) is 0. The van der Waals surface area contributed by atoms with Crippen molar-refractivity contribution in [2.45, 2.75) is 0 Å². The van der Waals surface area contributed by atoms with Crippen molar-refractivity contribution < 1.29 is 8.83 Å². The van der Waals surface area contributed by atoms with Gasteiger partial charge in [0.1, 0.15) is 16.7 Å². The van der Waals surface area contributed by atoms with E-state index in [4.69, 9.17) is 13.8 Å². The fourth-order valence-electron chi connectivity index (χ4n) is 7.18. The predicted molar refractivity (Wildman–Crippen MR) is 210 cm³/mol. The largest absolute Gasteiger partial charge is 0.456 e. The van der Waals surface area contributed by atoms with E-state index in [-0.39, 0.29) is 0 Å². The van der Waals surface area contributed by atoms with Crippen molar-refractivity contribution in [1.29, 1.82) is 0 Å². The molecule has 0 aliphatic rings. The SMILES string of the molecule is c1ccc(-c2ccc(N(c3ccc(-c4cccc5oc6cc(-c7nc8ccccc8o7)ccc6c45)cc3)c3ccc4ccccc4c3)cc2)cc1. The second-order valence-corrected chi connectivity index (χ2v) is 12.8. The van der Waals surface area contributed by atoms with Crippen LogP contribution in [0.25, 0.3) is 77.5 Å². The van der Waals surface area contributed by atoms with E-state index in [2.05, 4.69) is 150 Å². The number of benzene rings is 8. The van der Waals surface area contributed by atoms with E-state index in [1.54, 1.807) is 0 Å². The van der Waals surface area contributed by atoms with Gasteiger partial charge in [0.15, 0.2) is 5.58 Å². The lowest BCUT2D eigenvalue weighted by Gasteiger charge is -2.26. The summed E-state index contributed by atoms with van der Waals surface area (Å²) in [5.41, 5.74) is 12.0. The van der Waals surface area contributed by atoms with E-state index >= 15 is 0 Å². The molecule has 0 saturated heterocycles. The molecule has 0 amide bonds. The second kappa shape index (κ2) is 11.9. The molecule has 0 radical (unpaired) electrons. The summed E-state index contributed by atoms with van der Waals surface area (Å²) < 4.78 is 12.5. The van der Waals surface area contributed by atoms with E-state index in [9.17, 15) is 0 Å². The van der Waals surface area contributed by atoms with Crippen molar-refractivity contribution in [3.63, 3.8) is 0 Å². The molecule has 0 spiro atoms. The quantitative estimate of drug-likeness (QED) is 0.179. The molecule has 0 N–H and O–H groups in total. The fraction of sp³-hybridized carbons (Fsp3) is 0. The first-order chi connectivity index (χ1) is 25.2. The zero-order chi connectivity index (χ0) is 33.7. The summed E-state index contributed by atoms with van der Waals surface area (Å²) in [6.45, 7) is 0. The van der Waals surface area contributed by atoms with Crippen LogP contribution in [0.4, 0.5) is 17.1 Å². The number of fused-ring (bicyclic) bond motifs is 5.